The highest BCUT2D eigenvalue weighted by Crippen LogP contribution is 2.33. The van der Waals surface area contributed by atoms with Crippen molar-refractivity contribution in [3.63, 3.8) is 0 Å². The molecule has 0 bridgehead atoms. The van der Waals surface area contributed by atoms with E-state index in [2.05, 4.69) is 20.9 Å². The van der Waals surface area contributed by atoms with Crippen LogP contribution in [0.3, 0.4) is 0 Å². The Kier molecular flexibility index (Phi) is 7.87. The number of hydrogen-bond donors (Lipinski definition) is 3. The van der Waals surface area contributed by atoms with Gasteiger partial charge in [-0.05, 0) is 42.5 Å². The first-order valence-electron chi connectivity index (χ1n) is 9.69. The van der Waals surface area contributed by atoms with Crippen LogP contribution in [0.15, 0.2) is 47.8 Å². The molecule has 0 unspecified atom stereocenters. The number of carbonyl (C=O) groups is 2. The van der Waals surface area contributed by atoms with Crippen molar-refractivity contribution in [2.45, 2.75) is 6.42 Å². The molecule has 10 heteroatoms. The average molecular weight is 457 g/mol. The summed E-state index contributed by atoms with van der Waals surface area (Å²) in [6, 6.07) is 12.0. The zero-order valence-corrected chi connectivity index (χ0v) is 18.7. The summed E-state index contributed by atoms with van der Waals surface area (Å²) in [6.45, 7) is 0.182. The fraction of sp³-hybridized carbons (Fsp3) is 0.227. The predicted octanol–water partition coefficient (Wildman–Crippen LogP) is 3.99. The van der Waals surface area contributed by atoms with Gasteiger partial charge >= 0.3 is 6.03 Å². The highest BCUT2D eigenvalue weighted by atomic mass is 32.1. The van der Waals surface area contributed by atoms with Gasteiger partial charge in [-0.25, -0.2) is 9.78 Å². The Balaban J connectivity index is 1.46. The Hall–Kier alpha value is -3.79. The number of benzene rings is 2. The topological polar surface area (TPSA) is 111 Å². The summed E-state index contributed by atoms with van der Waals surface area (Å²) < 4.78 is 15.6. The van der Waals surface area contributed by atoms with Crippen LogP contribution in [0.25, 0.3) is 11.3 Å². The zero-order chi connectivity index (χ0) is 22.9. The van der Waals surface area contributed by atoms with Crippen molar-refractivity contribution in [3.05, 3.63) is 47.8 Å². The van der Waals surface area contributed by atoms with Crippen LogP contribution in [0.2, 0.25) is 0 Å². The first kappa shape index (κ1) is 22.9. The number of amides is 3. The summed E-state index contributed by atoms with van der Waals surface area (Å²) in [5.74, 6) is 1.68. The number of thiazole rings is 1. The quantitative estimate of drug-likeness (QED) is 0.449. The van der Waals surface area contributed by atoms with E-state index in [9.17, 15) is 9.59 Å². The third kappa shape index (κ3) is 6.11. The Bertz CT molecular complexity index is 1070. The minimum atomic E-state index is -0.395. The number of nitrogens with one attached hydrogen (secondary N) is 3. The SMILES string of the molecule is COc1ccc(NC(=O)NCCC(=O)Nc2nc(-c3ccc(OC)c(OC)c3)cs2)cc1. The fourth-order valence-corrected chi connectivity index (χ4v) is 3.52. The van der Waals surface area contributed by atoms with Crippen molar-refractivity contribution >= 4 is 34.1 Å². The van der Waals surface area contributed by atoms with Crippen LogP contribution < -0.4 is 30.2 Å². The van der Waals surface area contributed by atoms with Crippen molar-refractivity contribution in [1.82, 2.24) is 10.3 Å². The molecule has 1 heterocycles. The number of nitrogens with zero attached hydrogens (tertiary/aromatic N) is 1. The first-order valence-corrected chi connectivity index (χ1v) is 10.6. The normalized spacial score (nSPS) is 10.2. The molecule has 3 amide bonds. The lowest BCUT2D eigenvalue weighted by molar-refractivity contribution is -0.116. The molecular formula is C22H24N4O5S. The molecule has 0 aliphatic rings. The maximum Gasteiger partial charge on any atom is 0.319 e. The predicted molar refractivity (Wildman–Crippen MR) is 124 cm³/mol. The van der Waals surface area contributed by atoms with E-state index >= 15 is 0 Å². The molecule has 0 atom stereocenters. The third-order valence-corrected chi connectivity index (χ3v) is 5.17. The minimum Gasteiger partial charge on any atom is -0.497 e. The van der Waals surface area contributed by atoms with Gasteiger partial charge in [-0.3, -0.25) is 4.79 Å². The Morgan fingerprint density at radius 1 is 0.938 bits per heavy atom. The number of urea groups is 1. The molecule has 0 saturated heterocycles. The van der Waals surface area contributed by atoms with E-state index in [0.717, 1.165) is 5.56 Å². The molecule has 3 rings (SSSR count). The molecule has 32 heavy (non-hydrogen) atoms. The number of rotatable bonds is 9. The summed E-state index contributed by atoms with van der Waals surface area (Å²) in [7, 11) is 4.72. The van der Waals surface area contributed by atoms with Gasteiger partial charge in [0.1, 0.15) is 5.75 Å². The molecule has 0 fully saturated rings. The standard InChI is InChI=1S/C22H24N4O5S/c1-29-16-7-5-15(6-8-16)24-21(28)23-11-10-20(27)26-22-25-17(13-32-22)14-4-9-18(30-2)19(12-14)31-3/h4-9,12-13H,10-11H2,1-3H3,(H2,23,24,28)(H,25,26,27). The molecule has 9 nitrogen and oxygen atoms in total. The minimum absolute atomic E-state index is 0.112. The third-order valence-electron chi connectivity index (χ3n) is 4.42. The van der Waals surface area contributed by atoms with Gasteiger partial charge < -0.3 is 30.2 Å². The van der Waals surface area contributed by atoms with Gasteiger partial charge in [-0.15, -0.1) is 11.3 Å². The van der Waals surface area contributed by atoms with E-state index in [1.165, 1.54) is 11.3 Å². The molecule has 1 aromatic heterocycles. The summed E-state index contributed by atoms with van der Waals surface area (Å²) >= 11 is 1.32. The number of methoxy groups -OCH3 is 3. The number of ether oxygens (including phenoxy) is 3. The second-order valence-corrected chi connectivity index (χ2v) is 7.37. The summed E-state index contributed by atoms with van der Waals surface area (Å²) in [5, 5.41) is 10.4. The van der Waals surface area contributed by atoms with Crippen molar-refractivity contribution < 1.29 is 23.8 Å². The molecule has 0 spiro atoms. The lowest BCUT2D eigenvalue weighted by Crippen LogP contribution is -2.31. The fourth-order valence-electron chi connectivity index (χ4n) is 2.78. The largest absolute Gasteiger partial charge is 0.497 e. The summed E-state index contributed by atoms with van der Waals surface area (Å²) in [6.07, 6.45) is 0.112. The number of anilines is 2. The second-order valence-electron chi connectivity index (χ2n) is 6.52. The van der Waals surface area contributed by atoms with E-state index in [1.54, 1.807) is 51.7 Å². The van der Waals surface area contributed by atoms with Gasteiger partial charge in [0.2, 0.25) is 5.91 Å². The van der Waals surface area contributed by atoms with Crippen molar-refractivity contribution in [1.29, 1.82) is 0 Å². The van der Waals surface area contributed by atoms with Crippen LogP contribution in [0.4, 0.5) is 15.6 Å². The van der Waals surface area contributed by atoms with Gasteiger partial charge in [0.25, 0.3) is 0 Å². The highest BCUT2D eigenvalue weighted by molar-refractivity contribution is 7.14. The van der Waals surface area contributed by atoms with Gasteiger partial charge in [0, 0.05) is 29.6 Å². The van der Waals surface area contributed by atoms with E-state index in [4.69, 9.17) is 14.2 Å². The van der Waals surface area contributed by atoms with Gasteiger partial charge in [0.05, 0.1) is 27.0 Å². The molecule has 0 saturated carbocycles. The van der Waals surface area contributed by atoms with Crippen LogP contribution in [0.1, 0.15) is 6.42 Å². The van der Waals surface area contributed by atoms with E-state index in [1.807, 2.05) is 17.5 Å². The Morgan fingerprint density at radius 2 is 1.69 bits per heavy atom. The Morgan fingerprint density at radius 3 is 2.38 bits per heavy atom. The molecule has 168 valence electrons. The van der Waals surface area contributed by atoms with E-state index in [-0.39, 0.29) is 18.9 Å². The van der Waals surface area contributed by atoms with Crippen LogP contribution in [-0.4, -0.2) is 44.8 Å². The van der Waals surface area contributed by atoms with Crippen LogP contribution in [0, 0.1) is 0 Å². The van der Waals surface area contributed by atoms with Crippen LogP contribution in [0.5, 0.6) is 17.2 Å². The first-order chi connectivity index (χ1) is 15.5. The zero-order valence-electron chi connectivity index (χ0n) is 17.9. The van der Waals surface area contributed by atoms with Crippen LogP contribution >= 0.6 is 11.3 Å². The van der Waals surface area contributed by atoms with Crippen LogP contribution in [-0.2, 0) is 4.79 Å². The molecule has 0 aliphatic heterocycles. The lowest BCUT2D eigenvalue weighted by atomic mass is 10.1. The summed E-state index contributed by atoms with van der Waals surface area (Å²) in [4.78, 5) is 28.6. The monoisotopic (exact) mass is 456 g/mol. The van der Waals surface area contributed by atoms with E-state index in [0.29, 0.717) is 33.8 Å². The number of carbonyl (C=O) groups excluding carboxylic acids is 2. The van der Waals surface area contributed by atoms with Gasteiger partial charge in [-0.1, -0.05) is 0 Å². The molecule has 2 aromatic carbocycles. The number of aromatic nitrogens is 1. The number of hydrogen-bond acceptors (Lipinski definition) is 7. The maximum absolute atomic E-state index is 12.2. The van der Waals surface area contributed by atoms with Crippen molar-refractivity contribution in [3.8, 4) is 28.5 Å². The van der Waals surface area contributed by atoms with Gasteiger partial charge in [0.15, 0.2) is 16.6 Å². The molecule has 3 aromatic rings. The van der Waals surface area contributed by atoms with Crippen molar-refractivity contribution in [2.75, 3.05) is 38.5 Å². The van der Waals surface area contributed by atoms with E-state index < -0.39 is 6.03 Å². The summed E-state index contributed by atoms with van der Waals surface area (Å²) in [5.41, 5.74) is 2.18. The average Bonchev–Trinajstić information content (AvgIpc) is 3.27. The molecule has 0 aliphatic carbocycles. The van der Waals surface area contributed by atoms with Gasteiger partial charge in [-0.2, -0.15) is 0 Å². The highest BCUT2D eigenvalue weighted by Gasteiger charge is 2.11. The molecule has 3 N–H and O–H groups in total. The lowest BCUT2D eigenvalue weighted by Gasteiger charge is -2.08. The Labute approximate surface area is 189 Å². The maximum atomic E-state index is 12.2. The van der Waals surface area contributed by atoms with Crippen molar-refractivity contribution in [2.24, 2.45) is 0 Å². The smallest absolute Gasteiger partial charge is 0.319 e. The molecular weight excluding hydrogens is 432 g/mol. The second kappa shape index (κ2) is 11.0. The molecule has 0 radical (unpaired) electrons.